The van der Waals surface area contributed by atoms with Crippen molar-refractivity contribution in [3.63, 3.8) is 0 Å². The van der Waals surface area contributed by atoms with Crippen LogP contribution in [0.4, 0.5) is 0 Å². The summed E-state index contributed by atoms with van der Waals surface area (Å²) in [5.41, 5.74) is 4.36. The van der Waals surface area contributed by atoms with E-state index in [1.165, 1.54) is 94.1 Å². The van der Waals surface area contributed by atoms with E-state index in [1.807, 2.05) is 0 Å². The summed E-state index contributed by atoms with van der Waals surface area (Å²) in [6.45, 7) is 13.7. The molecular weight excluding hydrogens is 342 g/mol. The molecule has 1 aromatic rings. The fraction of sp³-hybridized carbons (Fsp3) is 0.760. The Hall–Kier alpha value is -0.900. The van der Waals surface area contributed by atoms with E-state index < -0.39 is 0 Å². The second-order valence-electron chi connectivity index (χ2n) is 9.04. The third kappa shape index (κ3) is 4.63. The molecule has 0 saturated carbocycles. The molecule has 3 rings (SSSR count). The van der Waals surface area contributed by atoms with Gasteiger partial charge in [0.25, 0.3) is 0 Å². The lowest BCUT2D eigenvalue weighted by Gasteiger charge is -2.61. The van der Waals surface area contributed by atoms with Gasteiger partial charge in [-0.05, 0) is 62.6 Å². The van der Waals surface area contributed by atoms with Crippen LogP contribution >= 0.6 is 0 Å². The Bertz CT molecular complexity index is 604. The van der Waals surface area contributed by atoms with Crippen LogP contribution < -0.4 is 5.32 Å². The van der Waals surface area contributed by atoms with Gasteiger partial charge in [0.1, 0.15) is 5.66 Å². The molecule has 2 aliphatic heterocycles. The Kier molecular flexibility index (Phi) is 7.96. The third-order valence-corrected chi connectivity index (χ3v) is 7.05. The quantitative estimate of drug-likeness (QED) is 0.476. The molecule has 2 atom stereocenters. The standard InChI is InChI=1S/C25H42N3/c1-5-7-9-17-27(18-10-8-6-2)28-19-15-25(28)24(12-11-16-26-25)23-14-13-21(3)22(4)20-23/h13-14,20,24H,5-12,15-19H2,1-4H3. The van der Waals surface area contributed by atoms with Crippen LogP contribution in [-0.2, 0) is 0 Å². The molecule has 2 heterocycles. The Labute approximate surface area is 173 Å². The molecule has 1 spiro atoms. The molecule has 2 aliphatic rings. The van der Waals surface area contributed by atoms with Crippen LogP contribution in [0.3, 0.4) is 0 Å². The monoisotopic (exact) mass is 384 g/mol. The number of benzene rings is 1. The van der Waals surface area contributed by atoms with Crippen molar-refractivity contribution in [3.05, 3.63) is 34.9 Å². The van der Waals surface area contributed by atoms with Gasteiger partial charge in [0, 0.05) is 32.1 Å². The second-order valence-corrected chi connectivity index (χ2v) is 9.04. The summed E-state index contributed by atoms with van der Waals surface area (Å²) in [5.74, 6) is 0.550. The predicted octanol–water partition coefficient (Wildman–Crippen LogP) is 5.78. The van der Waals surface area contributed by atoms with E-state index in [4.69, 9.17) is 5.32 Å². The zero-order chi connectivity index (χ0) is 20.0. The summed E-state index contributed by atoms with van der Waals surface area (Å²) in [7, 11) is 0. The molecule has 3 nitrogen and oxygen atoms in total. The lowest BCUT2D eigenvalue weighted by molar-refractivity contribution is -0.211. The SMILES string of the molecule is CCCCCN(CCCCC)N1CCC12[N]CCCC2c1ccc(C)c(C)c1. The van der Waals surface area contributed by atoms with Crippen LogP contribution in [0.15, 0.2) is 18.2 Å². The first-order chi connectivity index (χ1) is 13.6. The van der Waals surface area contributed by atoms with Crippen molar-refractivity contribution >= 4 is 0 Å². The van der Waals surface area contributed by atoms with Gasteiger partial charge in [0.15, 0.2) is 0 Å². The molecule has 1 aromatic carbocycles. The van der Waals surface area contributed by atoms with Crippen LogP contribution in [0.2, 0.25) is 0 Å². The van der Waals surface area contributed by atoms with Crippen LogP contribution in [0.5, 0.6) is 0 Å². The summed E-state index contributed by atoms with van der Waals surface area (Å²) in [5, 5.41) is 10.7. The summed E-state index contributed by atoms with van der Waals surface area (Å²) in [6, 6.07) is 7.14. The normalized spacial score (nSPS) is 25.4. The number of nitrogens with zero attached hydrogens (tertiary/aromatic N) is 3. The number of aryl methyl sites for hydroxylation is 2. The highest BCUT2D eigenvalue weighted by atomic mass is 15.7. The van der Waals surface area contributed by atoms with Crippen LogP contribution in [-0.4, -0.2) is 41.9 Å². The van der Waals surface area contributed by atoms with Gasteiger partial charge in [-0.1, -0.05) is 57.7 Å². The zero-order valence-corrected chi connectivity index (χ0v) is 18.8. The number of hydrogen-bond acceptors (Lipinski definition) is 2. The Morgan fingerprint density at radius 1 is 1.04 bits per heavy atom. The van der Waals surface area contributed by atoms with Gasteiger partial charge in [-0.25, -0.2) is 15.3 Å². The molecule has 28 heavy (non-hydrogen) atoms. The van der Waals surface area contributed by atoms with Gasteiger partial charge in [-0.15, -0.1) is 0 Å². The maximum absolute atomic E-state index is 5.32. The molecule has 0 aromatic heterocycles. The van der Waals surface area contributed by atoms with Crippen molar-refractivity contribution in [2.45, 2.75) is 97.1 Å². The van der Waals surface area contributed by atoms with Crippen LogP contribution in [0, 0.1) is 13.8 Å². The van der Waals surface area contributed by atoms with E-state index in [2.05, 4.69) is 55.9 Å². The molecule has 0 N–H and O–H groups in total. The zero-order valence-electron chi connectivity index (χ0n) is 18.8. The van der Waals surface area contributed by atoms with E-state index in [0.717, 1.165) is 6.54 Å². The first-order valence-corrected chi connectivity index (χ1v) is 11.9. The van der Waals surface area contributed by atoms with Gasteiger partial charge in [0.2, 0.25) is 0 Å². The summed E-state index contributed by atoms with van der Waals surface area (Å²) in [6.07, 6.45) is 11.6. The van der Waals surface area contributed by atoms with E-state index in [0.29, 0.717) is 5.92 Å². The minimum atomic E-state index is 0.0262. The summed E-state index contributed by atoms with van der Waals surface area (Å²) >= 11 is 0. The molecule has 157 valence electrons. The van der Waals surface area contributed by atoms with Crippen molar-refractivity contribution in [1.29, 1.82) is 0 Å². The van der Waals surface area contributed by atoms with E-state index >= 15 is 0 Å². The predicted molar refractivity (Wildman–Crippen MR) is 120 cm³/mol. The van der Waals surface area contributed by atoms with Crippen LogP contribution in [0.1, 0.15) is 94.2 Å². The van der Waals surface area contributed by atoms with Crippen molar-refractivity contribution in [3.8, 4) is 0 Å². The minimum Gasteiger partial charge on any atom is -0.240 e. The number of hydrazine groups is 1. The highest BCUT2D eigenvalue weighted by Crippen LogP contribution is 2.47. The molecule has 0 bridgehead atoms. The van der Waals surface area contributed by atoms with Gasteiger partial charge < -0.3 is 0 Å². The number of piperidine rings is 1. The largest absolute Gasteiger partial charge is 0.240 e. The van der Waals surface area contributed by atoms with Gasteiger partial charge in [-0.2, -0.15) is 0 Å². The molecule has 2 unspecified atom stereocenters. The van der Waals surface area contributed by atoms with E-state index in [-0.39, 0.29) is 5.66 Å². The maximum Gasteiger partial charge on any atom is 0.108 e. The van der Waals surface area contributed by atoms with Gasteiger partial charge in [-0.3, -0.25) is 0 Å². The maximum atomic E-state index is 5.32. The second kappa shape index (κ2) is 10.2. The first kappa shape index (κ1) is 21.8. The molecular formula is C25H42N3. The molecule has 2 fully saturated rings. The molecule has 3 heteroatoms. The van der Waals surface area contributed by atoms with Crippen molar-refractivity contribution in [2.24, 2.45) is 0 Å². The lowest BCUT2D eigenvalue weighted by atomic mass is 9.73. The number of unbranched alkanes of at least 4 members (excludes halogenated alkanes) is 4. The van der Waals surface area contributed by atoms with Gasteiger partial charge >= 0.3 is 0 Å². The molecule has 1 radical (unpaired) electrons. The van der Waals surface area contributed by atoms with Crippen molar-refractivity contribution in [1.82, 2.24) is 15.3 Å². The van der Waals surface area contributed by atoms with E-state index in [1.54, 1.807) is 0 Å². The smallest absolute Gasteiger partial charge is 0.108 e. The fourth-order valence-electron chi connectivity index (χ4n) is 5.11. The van der Waals surface area contributed by atoms with Gasteiger partial charge in [0.05, 0.1) is 0 Å². The fourth-order valence-corrected chi connectivity index (χ4v) is 5.11. The summed E-state index contributed by atoms with van der Waals surface area (Å²) < 4.78 is 0. The molecule has 2 saturated heterocycles. The minimum absolute atomic E-state index is 0.0262. The summed E-state index contributed by atoms with van der Waals surface area (Å²) in [4.78, 5) is 0. The van der Waals surface area contributed by atoms with E-state index in [9.17, 15) is 0 Å². The number of hydrogen-bond donors (Lipinski definition) is 0. The Morgan fingerprint density at radius 2 is 1.75 bits per heavy atom. The number of rotatable bonds is 10. The topological polar surface area (TPSA) is 20.6 Å². The highest BCUT2D eigenvalue weighted by Gasteiger charge is 2.54. The highest BCUT2D eigenvalue weighted by molar-refractivity contribution is 5.34. The van der Waals surface area contributed by atoms with Crippen molar-refractivity contribution < 1.29 is 0 Å². The first-order valence-electron chi connectivity index (χ1n) is 11.9. The Morgan fingerprint density at radius 3 is 2.32 bits per heavy atom. The van der Waals surface area contributed by atoms with Crippen LogP contribution in [0.25, 0.3) is 0 Å². The Balaban J connectivity index is 1.80. The third-order valence-electron chi connectivity index (χ3n) is 7.05. The average Bonchev–Trinajstić information content (AvgIpc) is 2.69. The lowest BCUT2D eigenvalue weighted by Crippen LogP contribution is -2.74. The average molecular weight is 385 g/mol. The molecule has 0 amide bonds. The molecule has 0 aliphatic carbocycles. The van der Waals surface area contributed by atoms with Crippen molar-refractivity contribution in [2.75, 3.05) is 26.2 Å².